The van der Waals surface area contributed by atoms with Crippen molar-refractivity contribution >= 4 is 11.6 Å². The van der Waals surface area contributed by atoms with Gasteiger partial charge in [-0.1, -0.05) is 0 Å². The van der Waals surface area contributed by atoms with E-state index in [0.29, 0.717) is 11.3 Å². The number of amides is 1. The summed E-state index contributed by atoms with van der Waals surface area (Å²) in [6.07, 6.45) is 0. The zero-order valence-corrected chi connectivity index (χ0v) is 11.5. The Morgan fingerprint density at radius 2 is 2.05 bits per heavy atom. The lowest BCUT2D eigenvalue weighted by atomic mass is 10.1. The first-order valence-corrected chi connectivity index (χ1v) is 5.88. The third-order valence-electron chi connectivity index (χ3n) is 2.25. The molecule has 0 unspecified atom stereocenters. The van der Waals surface area contributed by atoms with Crippen LogP contribution in [0.4, 0.5) is 5.69 Å². The molecule has 0 fully saturated rings. The van der Waals surface area contributed by atoms with Gasteiger partial charge in [0.05, 0.1) is 4.92 Å². The molecule has 6 heteroatoms. The summed E-state index contributed by atoms with van der Waals surface area (Å²) in [5.74, 6) is 0.204. The Bertz CT molecular complexity index is 492. The normalized spacial score (nSPS) is 10.9. The van der Waals surface area contributed by atoms with Crippen molar-refractivity contribution in [2.45, 2.75) is 33.2 Å². The number of hydrogen-bond donors (Lipinski definition) is 1. The van der Waals surface area contributed by atoms with Crippen molar-refractivity contribution in [3.8, 4) is 5.75 Å². The number of carbonyl (C=O) groups excluding carboxylic acids is 1. The quantitative estimate of drug-likeness (QED) is 0.669. The summed E-state index contributed by atoms with van der Waals surface area (Å²) < 4.78 is 5.29. The van der Waals surface area contributed by atoms with E-state index in [1.807, 2.05) is 20.8 Å². The molecule has 1 aromatic rings. The summed E-state index contributed by atoms with van der Waals surface area (Å²) in [4.78, 5) is 21.8. The van der Waals surface area contributed by atoms with Gasteiger partial charge in [-0.2, -0.15) is 0 Å². The second kappa shape index (κ2) is 5.69. The van der Waals surface area contributed by atoms with Crippen LogP contribution in [0.2, 0.25) is 0 Å². The highest BCUT2D eigenvalue weighted by Crippen LogP contribution is 2.22. The molecular formula is C13H18N2O4. The molecule has 0 saturated carbocycles. The van der Waals surface area contributed by atoms with Gasteiger partial charge in [0.1, 0.15) is 5.75 Å². The molecule has 0 heterocycles. The number of nitrogens with zero attached hydrogens (tertiary/aromatic N) is 1. The molecule has 1 N–H and O–H groups in total. The van der Waals surface area contributed by atoms with Crippen molar-refractivity contribution < 1.29 is 14.5 Å². The Hall–Kier alpha value is -2.11. The number of nitro benzene ring substituents is 1. The maximum atomic E-state index is 11.5. The molecule has 19 heavy (non-hydrogen) atoms. The van der Waals surface area contributed by atoms with E-state index in [2.05, 4.69) is 5.32 Å². The minimum absolute atomic E-state index is 0.0338. The summed E-state index contributed by atoms with van der Waals surface area (Å²) in [5.41, 5.74) is 0.219. The van der Waals surface area contributed by atoms with Gasteiger partial charge in [0.15, 0.2) is 6.61 Å². The largest absolute Gasteiger partial charge is 0.484 e. The highest BCUT2D eigenvalue weighted by atomic mass is 16.6. The van der Waals surface area contributed by atoms with Crippen molar-refractivity contribution in [1.82, 2.24) is 5.32 Å². The monoisotopic (exact) mass is 266 g/mol. The predicted molar refractivity (Wildman–Crippen MR) is 71.2 cm³/mol. The minimum atomic E-state index is -0.453. The number of nitrogens with one attached hydrogen (secondary N) is 1. The Labute approximate surface area is 111 Å². The van der Waals surface area contributed by atoms with E-state index in [1.165, 1.54) is 12.1 Å². The van der Waals surface area contributed by atoms with Gasteiger partial charge in [-0.25, -0.2) is 0 Å². The maximum absolute atomic E-state index is 11.5. The topological polar surface area (TPSA) is 81.5 Å². The zero-order chi connectivity index (χ0) is 14.6. The van der Waals surface area contributed by atoms with E-state index in [0.717, 1.165) is 0 Å². The van der Waals surface area contributed by atoms with Crippen molar-refractivity contribution in [2.75, 3.05) is 6.61 Å². The van der Waals surface area contributed by atoms with Gasteiger partial charge in [0.2, 0.25) is 0 Å². The van der Waals surface area contributed by atoms with E-state index >= 15 is 0 Å². The van der Waals surface area contributed by atoms with Crippen LogP contribution in [0.1, 0.15) is 26.3 Å². The van der Waals surface area contributed by atoms with Gasteiger partial charge in [0, 0.05) is 17.2 Å². The van der Waals surface area contributed by atoms with Gasteiger partial charge < -0.3 is 10.1 Å². The lowest BCUT2D eigenvalue weighted by Gasteiger charge is -2.20. The van der Waals surface area contributed by atoms with E-state index < -0.39 is 4.92 Å². The summed E-state index contributed by atoms with van der Waals surface area (Å²) in [6, 6.07) is 4.39. The number of nitro groups is 1. The van der Waals surface area contributed by atoms with E-state index in [9.17, 15) is 14.9 Å². The number of ether oxygens (including phenoxy) is 1. The van der Waals surface area contributed by atoms with Gasteiger partial charge in [-0.3, -0.25) is 14.9 Å². The first-order chi connectivity index (χ1) is 8.69. The zero-order valence-electron chi connectivity index (χ0n) is 11.5. The molecule has 0 radical (unpaired) electrons. The summed E-state index contributed by atoms with van der Waals surface area (Å²) in [7, 11) is 0. The Morgan fingerprint density at radius 1 is 1.42 bits per heavy atom. The molecule has 1 aromatic carbocycles. The molecule has 0 bridgehead atoms. The number of carbonyl (C=O) groups is 1. The molecule has 0 aliphatic rings. The lowest BCUT2D eigenvalue weighted by molar-refractivity contribution is -0.385. The number of benzene rings is 1. The average Bonchev–Trinajstić information content (AvgIpc) is 2.23. The van der Waals surface area contributed by atoms with E-state index in [4.69, 9.17) is 4.74 Å². The predicted octanol–water partition coefficient (Wildman–Crippen LogP) is 2.20. The van der Waals surface area contributed by atoms with Crippen molar-refractivity contribution in [3.63, 3.8) is 0 Å². The Balaban J connectivity index is 2.62. The fourth-order valence-electron chi connectivity index (χ4n) is 1.53. The van der Waals surface area contributed by atoms with Crippen LogP contribution < -0.4 is 10.1 Å². The maximum Gasteiger partial charge on any atom is 0.272 e. The van der Waals surface area contributed by atoms with Crippen LogP contribution in [-0.4, -0.2) is 23.0 Å². The number of rotatable bonds is 4. The fourth-order valence-corrected chi connectivity index (χ4v) is 1.53. The summed E-state index contributed by atoms with van der Waals surface area (Å²) in [6.45, 7) is 7.14. The molecule has 0 saturated heterocycles. The van der Waals surface area contributed by atoms with Gasteiger partial charge in [-0.05, 0) is 39.8 Å². The first kappa shape index (κ1) is 14.9. The third-order valence-corrected chi connectivity index (χ3v) is 2.25. The molecule has 104 valence electrons. The van der Waals surface area contributed by atoms with Crippen LogP contribution in [0.25, 0.3) is 0 Å². The second-order valence-electron chi connectivity index (χ2n) is 5.29. The van der Waals surface area contributed by atoms with Crippen LogP contribution in [-0.2, 0) is 4.79 Å². The molecule has 0 spiro atoms. The number of aryl methyl sites for hydroxylation is 1. The van der Waals surface area contributed by atoms with Crippen molar-refractivity contribution in [1.29, 1.82) is 0 Å². The van der Waals surface area contributed by atoms with Gasteiger partial charge in [-0.15, -0.1) is 0 Å². The Morgan fingerprint density at radius 3 is 2.53 bits per heavy atom. The molecule has 0 atom stereocenters. The first-order valence-electron chi connectivity index (χ1n) is 5.88. The van der Waals surface area contributed by atoms with Crippen LogP contribution in [0, 0.1) is 17.0 Å². The summed E-state index contributed by atoms with van der Waals surface area (Å²) >= 11 is 0. The fraction of sp³-hybridized carbons (Fsp3) is 0.462. The molecule has 0 aromatic heterocycles. The molecular weight excluding hydrogens is 248 g/mol. The summed E-state index contributed by atoms with van der Waals surface area (Å²) in [5, 5.41) is 13.4. The van der Waals surface area contributed by atoms with Crippen molar-refractivity contribution in [2.24, 2.45) is 0 Å². The number of hydrogen-bond acceptors (Lipinski definition) is 4. The average molecular weight is 266 g/mol. The van der Waals surface area contributed by atoms with Crippen LogP contribution in [0.5, 0.6) is 5.75 Å². The SMILES string of the molecule is Cc1cc(OCC(=O)NC(C)(C)C)ccc1[N+](=O)[O-]. The molecule has 1 amide bonds. The lowest BCUT2D eigenvalue weighted by Crippen LogP contribution is -2.43. The molecule has 1 rings (SSSR count). The van der Waals surface area contributed by atoms with Crippen LogP contribution in [0.3, 0.4) is 0 Å². The van der Waals surface area contributed by atoms with Gasteiger partial charge in [0.25, 0.3) is 11.6 Å². The highest BCUT2D eigenvalue weighted by molar-refractivity contribution is 5.78. The van der Waals surface area contributed by atoms with E-state index in [1.54, 1.807) is 13.0 Å². The molecule has 6 nitrogen and oxygen atoms in total. The van der Waals surface area contributed by atoms with Crippen molar-refractivity contribution in [3.05, 3.63) is 33.9 Å². The van der Waals surface area contributed by atoms with E-state index in [-0.39, 0.29) is 23.7 Å². The van der Waals surface area contributed by atoms with Crippen LogP contribution in [0.15, 0.2) is 18.2 Å². The standard InChI is InChI=1S/C13H18N2O4/c1-9-7-10(5-6-11(9)15(17)18)19-8-12(16)14-13(2,3)4/h5-7H,8H2,1-4H3,(H,14,16). The third kappa shape index (κ3) is 4.95. The molecule has 0 aliphatic heterocycles. The smallest absolute Gasteiger partial charge is 0.272 e. The Kier molecular flexibility index (Phi) is 4.47. The van der Waals surface area contributed by atoms with Gasteiger partial charge >= 0.3 is 0 Å². The van der Waals surface area contributed by atoms with Crippen LogP contribution >= 0.6 is 0 Å². The molecule has 0 aliphatic carbocycles. The second-order valence-corrected chi connectivity index (χ2v) is 5.29. The minimum Gasteiger partial charge on any atom is -0.484 e. The highest BCUT2D eigenvalue weighted by Gasteiger charge is 2.15.